The highest BCUT2D eigenvalue weighted by Crippen LogP contribution is 2.37. The number of nitrogens with two attached hydrogens (primary N) is 1. The van der Waals surface area contributed by atoms with E-state index in [1.165, 1.54) is 20.3 Å². The lowest BCUT2D eigenvalue weighted by Gasteiger charge is -2.14. The lowest BCUT2D eigenvalue weighted by molar-refractivity contribution is -0.385. The van der Waals surface area contributed by atoms with E-state index in [1.807, 2.05) is 0 Å². The first-order valence-electron chi connectivity index (χ1n) is 5.28. The SMILES string of the molecule is COc1cc(C(N)CC(=O)O)c([N+](=O)[O-])cc1OC. The number of nitro groups is 1. The summed E-state index contributed by atoms with van der Waals surface area (Å²) >= 11 is 0. The first-order chi connectivity index (χ1) is 8.90. The van der Waals surface area contributed by atoms with Gasteiger partial charge in [0.1, 0.15) is 0 Å². The summed E-state index contributed by atoms with van der Waals surface area (Å²) in [5.74, 6) is -0.707. The van der Waals surface area contributed by atoms with Crippen LogP contribution >= 0.6 is 0 Å². The summed E-state index contributed by atoms with van der Waals surface area (Å²) in [5.41, 5.74) is 5.46. The Hall–Kier alpha value is -2.35. The second-order valence-electron chi connectivity index (χ2n) is 3.73. The second kappa shape index (κ2) is 6.01. The highest BCUT2D eigenvalue weighted by molar-refractivity contribution is 5.69. The van der Waals surface area contributed by atoms with E-state index in [-0.39, 0.29) is 22.7 Å². The molecule has 0 radical (unpaired) electrons. The molecule has 0 aromatic heterocycles. The number of aliphatic carboxylic acids is 1. The largest absolute Gasteiger partial charge is 0.493 e. The first kappa shape index (κ1) is 14.7. The van der Waals surface area contributed by atoms with E-state index < -0.39 is 23.4 Å². The van der Waals surface area contributed by atoms with Crippen LogP contribution in [0.15, 0.2) is 12.1 Å². The van der Waals surface area contributed by atoms with Crippen LogP contribution in [-0.4, -0.2) is 30.2 Å². The summed E-state index contributed by atoms with van der Waals surface area (Å²) in [6.45, 7) is 0. The van der Waals surface area contributed by atoms with Crippen molar-refractivity contribution in [2.24, 2.45) is 5.73 Å². The lowest BCUT2D eigenvalue weighted by Crippen LogP contribution is -2.16. The van der Waals surface area contributed by atoms with Crippen LogP contribution in [0.25, 0.3) is 0 Å². The van der Waals surface area contributed by atoms with E-state index >= 15 is 0 Å². The zero-order valence-corrected chi connectivity index (χ0v) is 10.5. The predicted octanol–water partition coefficient (Wildman–Crippen LogP) is 1.09. The van der Waals surface area contributed by atoms with Gasteiger partial charge in [-0.05, 0) is 6.07 Å². The van der Waals surface area contributed by atoms with Gasteiger partial charge in [-0.2, -0.15) is 0 Å². The monoisotopic (exact) mass is 270 g/mol. The maximum absolute atomic E-state index is 11.0. The Balaban J connectivity index is 3.34. The number of carboxylic acids is 1. The number of nitrogens with zero attached hydrogens (tertiary/aromatic N) is 1. The summed E-state index contributed by atoms with van der Waals surface area (Å²) in [7, 11) is 2.72. The van der Waals surface area contributed by atoms with Gasteiger partial charge in [0.25, 0.3) is 5.69 Å². The lowest BCUT2D eigenvalue weighted by atomic mass is 10.0. The molecule has 0 fully saturated rings. The summed E-state index contributed by atoms with van der Waals surface area (Å²) in [5, 5.41) is 19.7. The molecule has 1 aromatic rings. The number of methoxy groups -OCH3 is 2. The van der Waals surface area contributed by atoms with Crippen LogP contribution in [0, 0.1) is 10.1 Å². The van der Waals surface area contributed by atoms with Gasteiger partial charge in [0.05, 0.1) is 37.2 Å². The molecule has 0 bridgehead atoms. The van der Waals surface area contributed by atoms with Crippen molar-refractivity contribution in [1.29, 1.82) is 0 Å². The molecule has 3 N–H and O–H groups in total. The second-order valence-corrected chi connectivity index (χ2v) is 3.73. The number of carbonyl (C=O) groups is 1. The van der Waals surface area contributed by atoms with E-state index in [1.54, 1.807) is 0 Å². The minimum absolute atomic E-state index is 0.0880. The molecule has 1 rings (SSSR count). The van der Waals surface area contributed by atoms with Crippen molar-refractivity contribution in [3.8, 4) is 11.5 Å². The molecule has 0 heterocycles. The van der Waals surface area contributed by atoms with Gasteiger partial charge in [-0.3, -0.25) is 14.9 Å². The van der Waals surface area contributed by atoms with Gasteiger partial charge in [-0.15, -0.1) is 0 Å². The Kier molecular flexibility index (Phi) is 4.65. The fourth-order valence-corrected chi connectivity index (χ4v) is 1.64. The molecule has 1 atom stereocenters. The quantitative estimate of drug-likeness (QED) is 0.585. The van der Waals surface area contributed by atoms with Crippen molar-refractivity contribution in [3.05, 3.63) is 27.8 Å². The maximum Gasteiger partial charge on any atom is 0.305 e. The minimum atomic E-state index is -1.14. The highest BCUT2D eigenvalue weighted by Gasteiger charge is 2.25. The highest BCUT2D eigenvalue weighted by atomic mass is 16.6. The number of hydrogen-bond donors (Lipinski definition) is 2. The van der Waals surface area contributed by atoms with Gasteiger partial charge in [-0.25, -0.2) is 0 Å². The van der Waals surface area contributed by atoms with Gasteiger partial charge in [0, 0.05) is 6.04 Å². The molecule has 0 aliphatic heterocycles. The van der Waals surface area contributed by atoms with Crippen LogP contribution in [-0.2, 0) is 4.79 Å². The van der Waals surface area contributed by atoms with Crippen LogP contribution in [0.4, 0.5) is 5.69 Å². The van der Waals surface area contributed by atoms with E-state index in [4.69, 9.17) is 20.3 Å². The molecule has 19 heavy (non-hydrogen) atoms. The number of ether oxygens (including phenoxy) is 2. The first-order valence-corrected chi connectivity index (χ1v) is 5.28. The predicted molar refractivity (Wildman–Crippen MR) is 65.4 cm³/mol. The molecule has 0 saturated heterocycles. The molecule has 0 saturated carbocycles. The minimum Gasteiger partial charge on any atom is -0.493 e. The molecule has 0 aliphatic carbocycles. The molecule has 0 spiro atoms. The fourth-order valence-electron chi connectivity index (χ4n) is 1.64. The van der Waals surface area contributed by atoms with E-state index in [2.05, 4.69) is 0 Å². The van der Waals surface area contributed by atoms with Crippen molar-refractivity contribution < 1.29 is 24.3 Å². The summed E-state index contributed by atoms with van der Waals surface area (Å²) < 4.78 is 9.97. The molecule has 0 aliphatic rings. The van der Waals surface area contributed by atoms with Crippen LogP contribution in [0.3, 0.4) is 0 Å². The van der Waals surface area contributed by atoms with Crippen LogP contribution in [0.5, 0.6) is 11.5 Å². The number of carboxylic acid groups (broad SMARTS) is 1. The van der Waals surface area contributed by atoms with Crippen molar-refractivity contribution in [2.45, 2.75) is 12.5 Å². The van der Waals surface area contributed by atoms with Gasteiger partial charge in [0.15, 0.2) is 11.5 Å². The van der Waals surface area contributed by atoms with Gasteiger partial charge >= 0.3 is 5.97 Å². The van der Waals surface area contributed by atoms with E-state index in [9.17, 15) is 14.9 Å². The Morgan fingerprint density at radius 3 is 2.37 bits per heavy atom. The maximum atomic E-state index is 11.0. The Bertz CT molecular complexity index is 502. The summed E-state index contributed by atoms with van der Waals surface area (Å²) in [6.07, 6.45) is -0.420. The van der Waals surface area contributed by atoms with E-state index in [0.717, 1.165) is 6.07 Å². The Labute approximate surface area is 108 Å². The summed E-state index contributed by atoms with van der Waals surface area (Å²) in [4.78, 5) is 21.0. The average Bonchev–Trinajstić information content (AvgIpc) is 2.35. The van der Waals surface area contributed by atoms with Crippen molar-refractivity contribution in [3.63, 3.8) is 0 Å². The van der Waals surface area contributed by atoms with Crippen LogP contribution in [0.1, 0.15) is 18.0 Å². The van der Waals surface area contributed by atoms with Crippen molar-refractivity contribution in [1.82, 2.24) is 0 Å². The smallest absolute Gasteiger partial charge is 0.305 e. The molecule has 8 heteroatoms. The van der Waals surface area contributed by atoms with Gasteiger partial charge in [0.2, 0.25) is 0 Å². The summed E-state index contributed by atoms with van der Waals surface area (Å²) in [6, 6.07) is 1.48. The zero-order valence-electron chi connectivity index (χ0n) is 10.5. The third-order valence-electron chi connectivity index (χ3n) is 2.52. The molecule has 8 nitrogen and oxygen atoms in total. The Morgan fingerprint density at radius 2 is 1.95 bits per heavy atom. The van der Waals surface area contributed by atoms with Gasteiger partial charge < -0.3 is 20.3 Å². The average molecular weight is 270 g/mol. The molecule has 1 aromatic carbocycles. The van der Waals surface area contributed by atoms with Crippen molar-refractivity contribution >= 4 is 11.7 Å². The Morgan fingerprint density at radius 1 is 1.42 bits per heavy atom. The standard InChI is InChI=1S/C11H14N2O6/c1-18-9-3-6(7(12)4-11(14)15)8(13(16)17)5-10(9)19-2/h3,5,7H,4,12H2,1-2H3,(H,14,15). The number of nitro benzene ring substituents is 1. The normalized spacial score (nSPS) is 11.7. The molecule has 0 amide bonds. The molecular formula is C11H14N2O6. The van der Waals surface area contributed by atoms with E-state index in [0.29, 0.717) is 0 Å². The molecular weight excluding hydrogens is 256 g/mol. The zero-order chi connectivity index (χ0) is 14.6. The molecule has 1 unspecified atom stereocenters. The molecule has 104 valence electrons. The van der Waals surface area contributed by atoms with Crippen LogP contribution in [0.2, 0.25) is 0 Å². The third-order valence-corrected chi connectivity index (χ3v) is 2.52. The number of rotatable bonds is 6. The third kappa shape index (κ3) is 3.32. The topological polar surface area (TPSA) is 125 Å². The van der Waals surface area contributed by atoms with Crippen molar-refractivity contribution in [2.75, 3.05) is 14.2 Å². The van der Waals surface area contributed by atoms with Gasteiger partial charge in [-0.1, -0.05) is 0 Å². The number of benzene rings is 1. The number of hydrogen-bond acceptors (Lipinski definition) is 6. The van der Waals surface area contributed by atoms with Crippen LogP contribution < -0.4 is 15.2 Å². The fraction of sp³-hybridized carbons (Fsp3) is 0.364.